The number of rotatable bonds is 1. The van der Waals surface area contributed by atoms with Crippen LogP contribution in [0.1, 0.15) is 38.3 Å². The van der Waals surface area contributed by atoms with Gasteiger partial charge in [0.05, 0.1) is 6.04 Å². The van der Waals surface area contributed by atoms with Gasteiger partial charge >= 0.3 is 0 Å². The lowest BCUT2D eigenvalue weighted by atomic mass is 9.93. The van der Waals surface area contributed by atoms with Gasteiger partial charge in [-0.25, -0.2) is 0 Å². The summed E-state index contributed by atoms with van der Waals surface area (Å²) in [6.45, 7) is 6.84. The molecule has 1 aromatic carbocycles. The minimum absolute atomic E-state index is 0.0893. The SMILES string of the molecule is CC1(C)Oc2ccccc2C1N1CCCC1. The molecule has 2 aliphatic heterocycles. The summed E-state index contributed by atoms with van der Waals surface area (Å²) in [6.07, 6.45) is 2.66. The van der Waals surface area contributed by atoms with Crippen molar-refractivity contribution in [3.63, 3.8) is 0 Å². The molecule has 2 aliphatic rings. The van der Waals surface area contributed by atoms with Gasteiger partial charge in [0, 0.05) is 5.56 Å². The predicted octanol–water partition coefficient (Wildman–Crippen LogP) is 2.99. The van der Waals surface area contributed by atoms with Crippen molar-refractivity contribution in [1.29, 1.82) is 0 Å². The van der Waals surface area contributed by atoms with Gasteiger partial charge in [-0.1, -0.05) is 18.2 Å². The average molecular weight is 217 g/mol. The summed E-state index contributed by atoms with van der Waals surface area (Å²) in [6, 6.07) is 8.92. The van der Waals surface area contributed by atoms with Crippen LogP contribution in [0, 0.1) is 0 Å². The molecule has 2 heterocycles. The van der Waals surface area contributed by atoms with Crippen molar-refractivity contribution in [2.75, 3.05) is 13.1 Å². The van der Waals surface area contributed by atoms with Crippen LogP contribution in [0.25, 0.3) is 0 Å². The van der Waals surface area contributed by atoms with E-state index < -0.39 is 0 Å². The fraction of sp³-hybridized carbons (Fsp3) is 0.571. The molecular formula is C14H19NO. The number of hydrogen-bond donors (Lipinski definition) is 0. The van der Waals surface area contributed by atoms with E-state index in [1.54, 1.807) is 0 Å². The second kappa shape index (κ2) is 3.49. The van der Waals surface area contributed by atoms with E-state index in [-0.39, 0.29) is 5.60 Å². The van der Waals surface area contributed by atoms with Crippen LogP contribution in [0.15, 0.2) is 24.3 Å². The lowest BCUT2D eigenvalue weighted by Crippen LogP contribution is -2.40. The summed E-state index contributed by atoms with van der Waals surface area (Å²) >= 11 is 0. The molecule has 0 aliphatic carbocycles. The van der Waals surface area contributed by atoms with E-state index in [4.69, 9.17) is 4.74 Å². The Kier molecular flexibility index (Phi) is 2.21. The van der Waals surface area contributed by atoms with Crippen LogP contribution in [-0.4, -0.2) is 23.6 Å². The lowest BCUT2D eigenvalue weighted by Gasteiger charge is -2.33. The van der Waals surface area contributed by atoms with Crippen molar-refractivity contribution in [1.82, 2.24) is 4.90 Å². The highest BCUT2D eigenvalue weighted by atomic mass is 16.5. The maximum atomic E-state index is 6.08. The monoisotopic (exact) mass is 217 g/mol. The standard InChI is InChI=1S/C14H19NO/c1-14(2)13(15-9-5-6-10-15)11-7-3-4-8-12(11)16-14/h3-4,7-8,13H,5-6,9-10H2,1-2H3. The van der Waals surface area contributed by atoms with E-state index in [9.17, 15) is 0 Å². The van der Waals surface area contributed by atoms with Crippen LogP contribution in [0.4, 0.5) is 0 Å². The Morgan fingerprint density at radius 2 is 1.88 bits per heavy atom. The largest absolute Gasteiger partial charge is 0.486 e. The Labute approximate surface area is 97.2 Å². The number of benzene rings is 1. The molecule has 1 aromatic rings. The third-order valence-electron chi connectivity index (χ3n) is 3.75. The van der Waals surface area contributed by atoms with Gasteiger partial charge in [0.1, 0.15) is 11.4 Å². The van der Waals surface area contributed by atoms with Crippen LogP contribution in [-0.2, 0) is 0 Å². The van der Waals surface area contributed by atoms with Crippen LogP contribution < -0.4 is 4.74 Å². The number of para-hydroxylation sites is 1. The first kappa shape index (κ1) is 10.2. The molecule has 0 radical (unpaired) electrons. The van der Waals surface area contributed by atoms with Crippen LogP contribution in [0.5, 0.6) is 5.75 Å². The van der Waals surface area contributed by atoms with Gasteiger partial charge in [0.15, 0.2) is 0 Å². The summed E-state index contributed by atoms with van der Waals surface area (Å²) in [5.74, 6) is 1.07. The molecule has 16 heavy (non-hydrogen) atoms. The number of nitrogens with zero attached hydrogens (tertiary/aromatic N) is 1. The van der Waals surface area contributed by atoms with Crippen molar-refractivity contribution in [2.45, 2.75) is 38.3 Å². The van der Waals surface area contributed by atoms with Gasteiger partial charge in [0.25, 0.3) is 0 Å². The minimum atomic E-state index is -0.0893. The molecule has 86 valence electrons. The van der Waals surface area contributed by atoms with E-state index in [0.717, 1.165) is 5.75 Å². The number of hydrogen-bond acceptors (Lipinski definition) is 2. The quantitative estimate of drug-likeness (QED) is 0.717. The summed E-state index contributed by atoms with van der Waals surface area (Å²) in [5.41, 5.74) is 1.28. The Balaban J connectivity index is 2.01. The Morgan fingerprint density at radius 3 is 2.62 bits per heavy atom. The Bertz CT molecular complexity index is 393. The summed E-state index contributed by atoms with van der Waals surface area (Å²) in [5, 5.41) is 0. The molecule has 1 atom stereocenters. The first-order valence-corrected chi connectivity index (χ1v) is 6.20. The van der Waals surface area contributed by atoms with Gasteiger partial charge in [-0.3, -0.25) is 4.90 Å². The molecule has 0 amide bonds. The molecule has 1 saturated heterocycles. The van der Waals surface area contributed by atoms with Crippen molar-refractivity contribution in [2.24, 2.45) is 0 Å². The molecule has 1 fully saturated rings. The van der Waals surface area contributed by atoms with Gasteiger partial charge < -0.3 is 4.74 Å². The highest BCUT2D eigenvalue weighted by Gasteiger charge is 2.44. The zero-order valence-corrected chi connectivity index (χ0v) is 10.1. The summed E-state index contributed by atoms with van der Waals surface area (Å²) < 4.78 is 6.08. The summed E-state index contributed by atoms with van der Waals surface area (Å²) in [4.78, 5) is 2.58. The molecule has 0 bridgehead atoms. The zero-order valence-electron chi connectivity index (χ0n) is 10.1. The molecule has 0 spiro atoms. The molecule has 0 aromatic heterocycles. The molecular weight excluding hydrogens is 198 g/mol. The average Bonchev–Trinajstić information content (AvgIpc) is 2.80. The van der Waals surface area contributed by atoms with Crippen molar-refractivity contribution < 1.29 is 4.74 Å². The molecule has 3 rings (SSSR count). The van der Waals surface area contributed by atoms with Crippen molar-refractivity contribution in [3.8, 4) is 5.75 Å². The highest BCUT2D eigenvalue weighted by Crippen LogP contribution is 2.46. The van der Waals surface area contributed by atoms with Crippen LogP contribution in [0.2, 0.25) is 0 Å². The van der Waals surface area contributed by atoms with E-state index >= 15 is 0 Å². The first-order chi connectivity index (χ1) is 7.68. The second-order valence-corrected chi connectivity index (χ2v) is 5.39. The first-order valence-electron chi connectivity index (χ1n) is 6.20. The fourth-order valence-corrected chi connectivity index (χ4v) is 3.15. The van der Waals surface area contributed by atoms with Gasteiger partial charge in [-0.2, -0.15) is 0 Å². The molecule has 0 saturated carbocycles. The third-order valence-corrected chi connectivity index (χ3v) is 3.75. The van der Waals surface area contributed by atoms with E-state index in [1.165, 1.54) is 31.5 Å². The van der Waals surface area contributed by atoms with Crippen LogP contribution in [0.3, 0.4) is 0 Å². The predicted molar refractivity (Wildman–Crippen MR) is 64.7 cm³/mol. The van der Waals surface area contributed by atoms with Crippen molar-refractivity contribution in [3.05, 3.63) is 29.8 Å². The number of likely N-dealkylation sites (tertiary alicyclic amines) is 1. The fourth-order valence-electron chi connectivity index (χ4n) is 3.15. The second-order valence-electron chi connectivity index (χ2n) is 5.39. The Hall–Kier alpha value is -1.02. The topological polar surface area (TPSA) is 12.5 Å². The summed E-state index contributed by atoms with van der Waals surface area (Å²) in [7, 11) is 0. The minimum Gasteiger partial charge on any atom is -0.486 e. The normalized spacial score (nSPS) is 27.8. The van der Waals surface area contributed by atoms with Gasteiger partial charge in [0.2, 0.25) is 0 Å². The smallest absolute Gasteiger partial charge is 0.125 e. The van der Waals surface area contributed by atoms with Gasteiger partial charge in [-0.05, 0) is 45.8 Å². The molecule has 2 nitrogen and oxygen atoms in total. The van der Waals surface area contributed by atoms with Crippen LogP contribution >= 0.6 is 0 Å². The van der Waals surface area contributed by atoms with E-state index in [0.29, 0.717) is 6.04 Å². The number of fused-ring (bicyclic) bond motifs is 1. The zero-order chi connectivity index (χ0) is 11.2. The maximum absolute atomic E-state index is 6.08. The van der Waals surface area contributed by atoms with Gasteiger partial charge in [-0.15, -0.1) is 0 Å². The van der Waals surface area contributed by atoms with E-state index in [2.05, 4.69) is 43.0 Å². The molecule has 0 N–H and O–H groups in total. The number of ether oxygens (including phenoxy) is 1. The van der Waals surface area contributed by atoms with Crippen molar-refractivity contribution >= 4 is 0 Å². The maximum Gasteiger partial charge on any atom is 0.125 e. The van der Waals surface area contributed by atoms with E-state index in [1.807, 2.05) is 0 Å². The Morgan fingerprint density at radius 1 is 1.19 bits per heavy atom. The third kappa shape index (κ3) is 1.44. The lowest BCUT2D eigenvalue weighted by molar-refractivity contribution is 0.0401. The highest BCUT2D eigenvalue weighted by molar-refractivity contribution is 5.42. The molecule has 2 heteroatoms. The molecule has 1 unspecified atom stereocenters.